The van der Waals surface area contributed by atoms with Gasteiger partial charge in [0.1, 0.15) is 5.92 Å². The maximum atomic E-state index is 12.0. The van der Waals surface area contributed by atoms with Crippen LogP contribution in [0.3, 0.4) is 0 Å². The lowest BCUT2D eigenvalue weighted by Crippen LogP contribution is -2.29. The van der Waals surface area contributed by atoms with Crippen LogP contribution in [0.25, 0.3) is 0 Å². The van der Waals surface area contributed by atoms with Crippen LogP contribution in [-0.4, -0.2) is 43.9 Å². The number of esters is 1. The van der Waals surface area contributed by atoms with Crippen molar-refractivity contribution in [1.82, 2.24) is 4.98 Å². The molecule has 1 heterocycles. The lowest BCUT2D eigenvalue weighted by Gasteiger charge is -2.21. The van der Waals surface area contributed by atoms with Crippen LogP contribution in [-0.2, 0) is 20.7 Å². The topological polar surface area (TPSA) is 51.7 Å². The van der Waals surface area contributed by atoms with Crippen LogP contribution in [0, 0.1) is 0 Å². The Hall–Kier alpha value is -1.14. The van der Waals surface area contributed by atoms with E-state index in [9.17, 15) is 4.79 Å². The first-order valence-electron chi connectivity index (χ1n) is 7.66. The number of hydrogen-bond donors (Lipinski definition) is 0. The van der Waals surface area contributed by atoms with Crippen LogP contribution in [0.15, 0.2) is 0 Å². The second-order valence-corrected chi connectivity index (χ2v) is 6.63. The maximum absolute atomic E-state index is 12.0. The zero-order chi connectivity index (χ0) is 14.8. The molecule has 0 aliphatic heterocycles. The third-order valence-corrected chi connectivity index (χ3v) is 5.22. The number of fused-ring (bicyclic) bond motifs is 1. The molecule has 0 N–H and O–H groups in total. The lowest BCUT2D eigenvalue weighted by molar-refractivity contribution is -0.145. The third kappa shape index (κ3) is 3.06. The zero-order valence-corrected chi connectivity index (χ0v) is 13.4. The average Bonchev–Trinajstić information content (AvgIpc) is 3.08. The zero-order valence-electron chi connectivity index (χ0n) is 12.6. The van der Waals surface area contributed by atoms with Gasteiger partial charge in [-0.2, -0.15) is 0 Å². The molecular formula is C15H22N2O3S. The summed E-state index contributed by atoms with van der Waals surface area (Å²) in [4.78, 5) is 20.4. The summed E-state index contributed by atoms with van der Waals surface area (Å²) in [5.41, 5.74) is 0.955. The van der Waals surface area contributed by atoms with Crippen molar-refractivity contribution in [3.8, 4) is 0 Å². The molecule has 1 unspecified atom stereocenters. The fourth-order valence-electron chi connectivity index (χ4n) is 2.82. The minimum absolute atomic E-state index is 0.122. The van der Waals surface area contributed by atoms with Gasteiger partial charge >= 0.3 is 5.97 Å². The van der Waals surface area contributed by atoms with E-state index in [-0.39, 0.29) is 11.9 Å². The number of anilines is 1. The van der Waals surface area contributed by atoms with Crippen LogP contribution in [0.1, 0.15) is 42.7 Å². The number of aromatic nitrogens is 1. The molecule has 6 heteroatoms. The van der Waals surface area contributed by atoms with E-state index in [1.54, 1.807) is 18.4 Å². The quantitative estimate of drug-likeness (QED) is 0.724. The Balaban J connectivity index is 1.77. The normalized spacial score (nSPS) is 20.4. The SMILES string of the molecule is CCOC(=O)C1CCc2sc(N(CCOC)C3CC3)nc21. The summed E-state index contributed by atoms with van der Waals surface area (Å²) in [6.07, 6.45) is 4.25. The van der Waals surface area contributed by atoms with Gasteiger partial charge in [-0.05, 0) is 32.6 Å². The third-order valence-electron chi connectivity index (χ3n) is 4.05. The minimum atomic E-state index is -0.159. The molecular weight excluding hydrogens is 288 g/mol. The molecule has 1 fully saturated rings. The molecule has 0 aromatic carbocycles. The Morgan fingerprint density at radius 3 is 2.90 bits per heavy atom. The van der Waals surface area contributed by atoms with Gasteiger partial charge in [-0.25, -0.2) is 4.98 Å². The summed E-state index contributed by atoms with van der Waals surface area (Å²) in [6.45, 7) is 3.86. The van der Waals surface area contributed by atoms with E-state index in [4.69, 9.17) is 14.5 Å². The molecule has 1 atom stereocenters. The monoisotopic (exact) mass is 310 g/mol. The summed E-state index contributed by atoms with van der Waals surface area (Å²) in [5, 5.41) is 1.05. The van der Waals surface area contributed by atoms with Crippen molar-refractivity contribution < 1.29 is 14.3 Å². The van der Waals surface area contributed by atoms with E-state index >= 15 is 0 Å². The Kier molecular flexibility index (Phi) is 4.45. The number of thiazole rings is 1. The number of methoxy groups -OCH3 is 1. The van der Waals surface area contributed by atoms with Gasteiger partial charge in [0, 0.05) is 24.6 Å². The minimum Gasteiger partial charge on any atom is -0.465 e. The molecule has 1 aromatic rings. The Morgan fingerprint density at radius 2 is 2.24 bits per heavy atom. The first kappa shape index (κ1) is 14.8. The number of nitrogens with zero attached hydrogens (tertiary/aromatic N) is 2. The molecule has 2 aliphatic carbocycles. The maximum Gasteiger partial charge on any atom is 0.315 e. The number of rotatable bonds is 7. The van der Waals surface area contributed by atoms with Crippen molar-refractivity contribution in [2.24, 2.45) is 0 Å². The van der Waals surface area contributed by atoms with Gasteiger partial charge in [-0.3, -0.25) is 4.79 Å². The van der Waals surface area contributed by atoms with Gasteiger partial charge in [-0.15, -0.1) is 11.3 Å². The van der Waals surface area contributed by atoms with Crippen LogP contribution in [0.4, 0.5) is 5.13 Å². The van der Waals surface area contributed by atoms with Crippen LogP contribution in [0.5, 0.6) is 0 Å². The molecule has 2 aliphatic rings. The highest BCUT2D eigenvalue weighted by Crippen LogP contribution is 2.42. The van der Waals surface area contributed by atoms with Gasteiger partial charge < -0.3 is 14.4 Å². The molecule has 3 rings (SSSR count). The first-order chi connectivity index (χ1) is 10.2. The van der Waals surface area contributed by atoms with Crippen LogP contribution >= 0.6 is 11.3 Å². The average molecular weight is 310 g/mol. The van der Waals surface area contributed by atoms with Crippen LogP contribution < -0.4 is 4.90 Å². The van der Waals surface area contributed by atoms with Gasteiger partial charge in [0.05, 0.1) is 18.9 Å². The highest BCUT2D eigenvalue weighted by atomic mass is 32.1. The predicted octanol–water partition coefficient (Wildman–Crippen LogP) is 2.35. The highest BCUT2D eigenvalue weighted by molar-refractivity contribution is 7.15. The summed E-state index contributed by atoms with van der Waals surface area (Å²) < 4.78 is 10.4. The lowest BCUT2D eigenvalue weighted by atomic mass is 10.1. The molecule has 0 radical (unpaired) electrons. The fourth-order valence-corrected chi connectivity index (χ4v) is 4.05. The summed E-state index contributed by atoms with van der Waals surface area (Å²) >= 11 is 1.74. The molecule has 5 nitrogen and oxygen atoms in total. The molecule has 1 aromatic heterocycles. The number of carbonyl (C=O) groups excluding carboxylic acids is 1. The van der Waals surface area contributed by atoms with Crippen molar-refractivity contribution in [1.29, 1.82) is 0 Å². The molecule has 0 saturated heterocycles. The van der Waals surface area contributed by atoms with E-state index in [1.165, 1.54) is 17.7 Å². The van der Waals surface area contributed by atoms with Gasteiger partial charge in [0.2, 0.25) is 0 Å². The van der Waals surface area contributed by atoms with Gasteiger partial charge in [0.25, 0.3) is 0 Å². The summed E-state index contributed by atoms with van der Waals surface area (Å²) in [5.74, 6) is -0.281. The summed E-state index contributed by atoms with van der Waals surface area (Å²) in [7, 11) is 1.73. The second kappa shape index (κ2) is 6.32. The Morgan fingerprint density at radius 1 is 1.43 bits per heavy atom. The largest absolute Gasteiger partial charge is 0.465 e. The van der Waals surface area contributed by atoms with E-state index in [0.29, 0.717) is 19.3 Å². The number of aryl methyl sites for hydroxylation is 1. The number of ether oxygens (including phenoxy) is 2. The Bertz CT molecular complexity index is 513. The van der Waals surface area contributed by atoms with Crippen molar-refractivity contribution in [3.05, 3.63) is 10.6 Å². The second-order valence-electron chi connectivity index (χ2n) is 5.57. The first-order valence-corrected chi connectivity index (χ1v) is 8.48. The smallest absolute Gasteiger partial charge is 0.315 e. The fraction of sp³-hybridized carbons (Fsp3) is 0.733. The molecule has 116 valence electrons. The Labute approximate surface area is 129 Å². The van der Waals surface area contributed by atoms with E-state index < -0.39 is 0 Å². The predicted molar refractivity (Wildman–Crippen MR) is 82.1 cm³/mol. The molecule has 21 heavy (non-hydrogen) atoms. The number of carbonyl (C=O) groups is 1. The van der Waals surface area contributed by atoms with Gasteiger partial charge in [-0.1, -0.05) is 0 Å². The van der Waals surface area contributed by atoms with E-state index in [2.05, 4.69) is 4.90 Å². The van der Waals surface area contributed by atoms with Crippen molar-refractivity contribution in [2.75, 3.05) is 31.8 Å². The summed E-state index contributed by atoms with van der Waals surface area (Å²) in [6, 6.07) is 0.604. The highest BCUT2D eigenvalue weighted by Gasteiger charge is 2.36. The molecule has 0 spiro atoms. The number of hydrogen-bond acceptors (Lipinski definition) is 6. The van der Waals surface area contributed by atoms with E-state index in [1.807, 2.05) is 6.92 Å². The molecule has 0 bridgehead atoms. The van der Waals surface area contributed by atoms with Crippen molar-refractivity contribution in [2.45, 2.75) is 44.6 Å². The van der Waals surface area contributed by atoms with Crippen molar-refractivity contribution >= 4 is 22.4 Å². The van der Waals surface area contributed by atoms with Crippen LogP contribution in [0.2, 0.25) is 0 Å². The molecule has 1 saturated carbocycles. The van der Waals surface area contributed by atoms with Crippen molar-refractivity contribution in [3.63, 3.8) is 0 Å². The van der Waals surface area contributed by atoms with E-state index in [0.717, 1.165) is 30.2 Å². The molecule has 0 amide bonds. The standard InChI is InChI=1S/C15H22N2O3S/c1-3-20-14(18)11-6-7-12-13(11)16-15(21-12)17(8-9-19-2)10-4-5-10/h10-11H,3-9H2,1-2H3. The van der Waals surface area contributed by atoms with Gasteiger partial charge in [0.15, 0.2) is 5.13 Å².